The van der Waals surface area contributed by atoms with E-state index in [0.717, 1.165) is 54.8 Å². The van der Waals surface area contributed by atoms with Crippen LogP contribution in [0.1, 0.15) is 18.7 Å². The van der Waals surface area contributed by atoms with E-state index in [1.54, 1.807) is 7.11 Å². The van der Waals surface area contributed by atoms with Crippen molar-refractivity contribution in [1.82, 2.24) is 20.0 Å². The molecule has 0 saturated carbocycles. The average molecular weight is 326 g/mol. The zero-order valence-electron chi connectivity index (χ0n) is 13.9. The van der Waals surface area contributed by atoms with Crippen LogP contribution in [0.5, 0.6) is 0 Å². The van der Waals surface area contributed by atoms with E-state index >= 15 is 0 Å². The van der Waals surface area contributed by atoms with Crippen LogP contribution in [-0.4, -0.2) is 34.9 Å². The molecular weight excluding hydrogens is 304 g/mol. The van der Waals surface area contributed by atoms with Gasteiger partial charge in [-0.3, -0.25) is 4.98 Å². The quantitative estimate of drug-likeness (QED) is 0.731. The van der Waals surface area contributed by atoms with Crippen LogP contribution in [0.2, 0.25) is 0 Å². The van der Waals surface area contributed by atoms with Crippen LogP contribution in [0, 0.1) is 5.92 Å². The third-order valence-electron chi connectivity index (χ3n) is 4.71. The third kappa shape index (κ3) is 2.88. The molecule has 24 heavy (non-hydrogen) atoms. The number of rotatable bonds is 5. The number of ether oxygens (including phenoxy) is 1. The molecule has 0 spiro atoms. The Kier molecular flexibility index (Phi) is 4.42. The average Bonchev–Trinajstić information content (AvgIpc) is 2.99. The van der Waals surface area contributed by atoms with Crippen molar-refractivity contribution in [2.45, 2.75) is 25.9 Å². The maximum atomic E-state index is 5.50. The van der Waals surface area contributed by atoms with Crippen molar-refractivity contribution in [3.8, 4) is 0 Å². The fourth-order valence-corrected chi connectivity index (χ4v) is 3.47. The molecule has 1 aliphatic rings. The molecule has 0 radical (unpaired) electrons. The minimum absolute atomic E-state index is 0.572. The molecule has 3 aromatic rings. The maximum absolute atomic E-state index is 5.50. The van der Waals surface area contributed by atoms with E-state index in [2.05, 4.69) is 27.2 Å². The highest BCUT2D eigenvalue weighted by molar-refractivity contribution is 6.02. The van der Waals surface area contributed by atoms with Gasteiger partial charge in [0.15, 0.2) is 0 Å². The van der Waals surface area contributed by atoms with E-state index in [-0.39, 0.29) is 0 Å². The lowest BCUT2D eigenvalue weighted by atomic mass is 10.00. The predicted octanol–water partition coefficient (Wildman–Crippen LogP) is 2.66. The Labute approximate surface area is 140 Å². The number of nitrogens with one attached hydrogen (secondary N) is 1. The van der Waals surface area contributed by atoms with E-state index in [1.807, 2.05) is 18.3 Å². The zero-order chi connectivity index (χ0) is 16.4. The van der Waals surface area contributed by atoms with Crippen molar-refractivity contribution in [2.75, 3.05) is 20.3 Å². The Morgan fingerprint density at radius 3 is 2.92 bits per heavy atom. The van der Waals surface area contributed by atoms with E-state index in [9.17, 15) is 0 Å². The molecule has 6 heteroatoms. The van der Waals surface area contributed by atoms with Crippen LogP contribution in [0.25, 0.3) is 21.9 Å². The number of benzene rings is 1. The third-order valence-corrected chi connectivity index (χ3v) is 4.71. The van der Waals surface area contributed by atoms with Crippen molar-refractivity contribution in [1.29, 1.82) is 0 Å². The second kappa shape index (κ2) is 6.84. The highest BCUT2D eigenvalue weighted by Gasteiger charge is 2.20. The smallest absolute Gasteiger partial charge is 0.126 e. The van der Waals surface area contributed by atoms with Crippen molar-refractivity contribution in [3.63, 3.8) is 0 Å². The van der Waals surface area contributed by atoms with Crippen molar-refractivity contribution in [2.24, 2.45) is 5.92 Å². The fourth-order valence-electron chi connectivity index (χ4n) is 3.47. The first kappa shape index (κ1) is 15.5. The first-order chi connectivity index (χ1) is 11.9. The number of pyridine rings is 1. The highest BCUT2D eigenvalue weighted by atomic mass is 16.6. The molecule has 0 amide bonds. The van der Waals surface area contributed by atoms with Gasteiger partial charge in [0.05, 0.1) is 30.9 Å². The van der Waals surface area contributed by atoms with Gasteiger partial charge in [-0.15, -0.1) is 0 Å². The fraction of sp³-hybridized carbons (Fsp3) is 0.444. The topological polar surface area (TPSA) is 61.2 Å². The first-order valence-electron chi connectivity index (χ1n) is 8.43. The molecule has 0 bridgehead atoms. The Balaban J connectivity index is 1.83. The second-order valence-electron chi connectivity index (χ2n) is 6.23. The summed E-state index contributed by atoms with van der Waals surface area (Å²) in [5.74, 6) is 1.60. The molecule has 1 aliphatic heterocycles. The lowest BCUT2D eigenvalue weighted by Gasteiger charge is -2.23. The summed E-state index contributed by atoms with van der Waals surface area (Å²) in [7, 11) is 1.63. The van der Waals surface area contributed by atoms with Crippen molar-refractivity contribution in [3.05, 3.63) is 36.3 Å². The van der Waals surface area contributed by atoms with Crippen LogP contribution >= 0.6 is 0 Å². The summed E-state index contributed by atoms with van der Waals surface area (Å²) in [6, 6.07) is 8.25. The molecule has 3 heterocycles. The van der Waals surface area contributed by atoms with Crippen LogP contribution in [0.4, 0.5) is 0 Å². The van der Waals surface area contributed by atoms with E-state index in [0.29, 0.717) is 12.5 Å². The number of para-hydroxylation sites is 1. The van der Waals surface area contributed by atoms with Gasteiger partial charge in [-0.1, -0.05) is 18.2 Å². The first-order valence-corrected chi connectivity index (χ1v) is 8.43. The molecule has 126 valence electrons. The van der Waals surface area contributed by atoms with Gasteiger partial charge >= 0.3 is 0 Å². The molecule has 4 rings (SSSR count). The summed E-state index contributed by atoms with van der Waals surface area (Å²) in [5.41, 5.74) is 6.03. The number of hydrogen-bond acceptors (Lipinski definition) is 5. The summed E-state index contributed by atoms with van der Waals surface area (Å²) < 4.78 is 7.84. The van der Waals surface area contributed by atoms with Gasteiger partial charge in [0.1, 0.15) is 11.3 Å². The van der Waals surface area contributed by atoms with Gasteiger partial charge in [-0.25, -0.2) is 4.98 Å². The van der Waals surface area contributed by atoms with Gasteiger partial charge < -0.3 is 14.1 Å². The predicted molar refractivity (Wildman–Crippen MR) is 92.4 cm³/mol. The van der Waals surface area contributed by atoms with Crippen LogP contribution in [-0.2, 0) is 22.7 Å². The normalized spacial score (nSPS) is 16.2. The summed E-state index contributed by atoms with van der Waals surface area (Å²) >= 11 is 0. The lowest BCUT2D eigenvalue weighted by molar-refractivity contribution is 0.0602. The van der Waals surface area contributed by atoms with Gasteiger partial charge in [-0.05, 0) is 24.8 Å². The molecule has 0 atom stereocenters. The molecule has 0 unspecified atom stereocenters. The zero-order valence-corrected chi connectivity index (χ0v) is 13.9. The molecular formula is C18H22N4O2. The molecule has 1 aromatic carbocycles. The summed E-state index contributed by atoms with van der Waals surface area (Å²) in [5, 5.41) is 1.15. The number of hydroxylamine groups is 1. The largest absolute Gasteiger partial charge is 0.381 e. The standard InChI is InChI=1S/C18H22N4O2/c1-23-20-11-17-21-16-10-19-15-5-3-2-4-14(15)18(16)22(17)12-13-6-8-24-9-7-13/h2-5,10,13,20H,6-9,11-12H2,1H3. The van der Waals surface area contributed by atoms with E-state index in [4.69, 9.17) is 14.6 Å². The molecule has 1 saturated heterocycles. The summed E-state index contributed by atoms with van der Waals surface area (Å²) in [6.07, 6.45) is 4.06. The van der Waals surface area contributed by atoms with Gasteiger partial charge in [0.25, 0.3) is 0 Å². The molecule has 0 aliphatic carbocycles. The lowest BCUT2D eigenvalue weighted by Crippen LogP contribution is -2.23. The monoisotopic (exact) mass is 326 g/mol. The summed E-state index contributed by atoms with van der Waals surface area (Å²) in [6.45, 7) is 3.23. The minimum Gasteiger partial charge on any atom is -0.381 e. The van der Waals surface area contributed by atoms with Crippen molar-refractivity contribution < 1.29 is 9.57 Å². The number of nitrogens with zero attached hydrogens (tertiary/aromatic N) is 3. The minimum atomic E-state index is 0.572. The second-order valence-corrected chi connectivity index (χ2v) is 6.23. The molecule has 2 aromatic heterocycles. The van der Waals surface area contributed by atoms with E-state index < -0.39 is 0 Å². The number of aromatic nitrogens is 3. The van der Waals surface area contributed by atoms with Gasteiger partial charge in [0, 0.05) is 25.1 Å². The Morgan fingerprint density at radius 2 is 2.08 bits per heavy atom. The van der Waals surface area contributed by atoms with E-state index in [1.165, 1.54) is 5.52 Å². The van der Waals surface area contributed by atoms with Gasteiger partial charge in [0.2, 0.25) is 0 Å². The molecule has 6 nitrogen and oxygen atoms in total. The Hall–Kier alpha value is -2.02. The van der Waals surface area contributed by atoms with Crippen LogP contribution in [0.3, 0.4) is 0 Å². The van der Waals surface area contributed by atoms with Gasteiger partial charge in [-0.2, -0.15) is 5.48 Å². The maximum Gasteiger partial charge on any atom is 0.126 e. The van der Waals surface area contributed by atoms with Crippen LogP contribution < -0.4 is 5.48 Å². The van der Waals surface area contributed by atoms with Crippen molar-refractivity contribution >= 4 is 21.9 Å². The number of imidazole rings is 1. The molecule has 1 N–H and O–H groups in total. The molecule has 1 fully saturated rings. The SMILES string of the molecule is CONCc1nc2cnc3ccccc3c2n1CC1CCOCC1. The van der Waals surface area contributed by atoms with Crippen LogP contribution in [0.15, 0.2) is 30.5 Å². The number of fused-ring (bicyclic) bond motifs is 3. The summed E-state index contributed by atoms with van der Waals surface area (Å²) in [4.78, 5) is 14.4. The Bertz CT molecular complexity index is 840. The number of hydrogen-bond donors (Lipinski definition) is 1. The Morgan fingerprint density at radius 1 is 1.25 bits per heavy atom. The highest BCUT2D eigenvalue weighted by Crippen LogP contribution is 2.27.